The van der Waals surface area contributed by atoms with E-state index in [-0.39, 0.29) is 19.1 Å². The number of nitrogens with zero attached hydrogens (tertiary/aromatic N) is 1. The molecule has 2 aliphatic rings. The lowest BCUT2D eigenvalue weighted by atomic mass is 9.98. The number of rotatable bonds is 7. The molecule has 4 aromatic rings. The van der Waals surface area contributed by atoms with Crippen LogP contribution in [0.1, 0.15) is 34.5 Å². The number of carbonyl (C=O) groups excluding carboxylic acids is 1. The summed E-state index contributed by atoms with van der Waals surface area (Å²) in [6, 6.07) is 26.0. The smallest absolute Gasteiger partial charge is 0.407 e. The fourth-order valence-corrected chi connectivity index (χ4v) is 6.26. The number of fused-ring (bicyclic) bond motifs is 3. The SMILES string of the molecule is O=C(NCc1cccc(Cl)c1Sc1ncccc1C1OCCO1)OCC1c2ccccc2-c2ccccc21. The molecule has 1 aliphatic heterocycles. The molecule has 1 aliphatic carbocycles. The number of hydrogen-bond donors (Lipinski definition) is 1. The Morgan fingerprint density at radius 2 is 1.61 bits per heavy atom. The number of amides is 1. The quantitative estimate of drug-likeness (QED) is 0.271. The molecule has 0 radical (unpaired) electrons. The molecule has 8 heteroatoms. The van der Waals surface area contributed by atoms with Gasteiger partial charge in [0.1, 0.15) is 11.6 Å². The summed E-state index contributed by atoms with van der Waals surface area (Å²) in [6.07, 6.45) is 0.803. The van der Waals surface area contributed by atoms with Gasteiger partial charge in [-0.3, -0.25) is 0 Å². The van der Waals surface area contributed by atoms with Crippen molar-refractivity contribution in [1.82, 2.24) is 10.3 Å². The number of pyridine rings is 1. The Morgan fingerprint density at radius 3 is 2.34 bits per heavy atom. The largest absolute Gasteiger partial charge is 0.449 e. The Hall–Kier alpha value is -3.36. The molecule has 38 heavy (non-hydrogen) atoms. The number of alkyl carbamates (subject to hydrolysis) is 1. The third kappa shape index (κ3) is 5.02. The summed E-state index contributed by atoms with van der Waals surface area (Å²) in [6.45, 7) is 1.62. The Morgan fingerprint density at radius 1 is 0.921 bits per heavy atom. The Bertz CT molecular complexity index is 1430. The first-order valence-corrected chi connectivity index (χ1v) is 13.6. The van der Waals surface area contributed by atoms with E-state index in [9.17, 15) is 4.79 Å². The molecule has 2 heterocycles. The van der Waals surface area contributed by atoms with Crippen LogP contribution in [0.4, 0.5) is 4.79 Å². The average molecular weight is 545 g/mol. The minimum Gasteiger partial charge on any atom is -0.449 e. The van der Waals surface area contributed by atoms with Crippen LogP contribution in [0.2, 0.25) is 5.02 Å². The monoisotopic (exact) mass is 544 g/mol. The van der Waals surface area contributed by atoms with Crippen LogP contribution in [0.15, 0.2) is 95.0 Å². The van der Waals surface area contributed by atoms with E-state index >= 15 is 0 Å². The maximum absolute atomic E-state index is 12.8. The molecule has 0 bridgehead atoms. The zero-order valence-corrected chi connectivity index (χ0v) is 22.0. The van der Waals surface area contributed by atoms with Crippen molar-refractivity contribution in [2.45, 2.75) is 28.7 Å². The van der Waals surface area contributed by atoms with E-state index in [4.69, 9.17) is 25.8 Å². The van der Waals surface area contributed by atoms with Gasteiger partial charge in [0.05, 0.1) is 18.2 Å². The van der Waals surface area contributed by atoms with E-state index in [2.05, 4.69) is 34.6 Å². The van der Waals surface area contributed by atoms with Gasteiger partial charge in [-0.1, -0.05) is 84.0 Å². The van der Waals surface area contributed by atoms with Crippen LogP contribution >= 0.6 is 23.4 Å². The Kier molecular flexibility index (Phi) is 7.33. The molecule has 1 aromatic heterocycles. The van der Waals surface area contributed by atoms with Crippen LogP contribution in [0.5, 0.6) is 0 Å². The molecule has 3 aromatic carbocycles. The lowest BCUT2D eigenvalue weighted by Crippen LogP contribution is -2.26. The summed E-state index contributed by atoms with van der Waals surface area (Å²) in [5.41, 5.74) is 6.46. The van der Waals surface area contributed by atoms with Gasteiger partial charge < -0.3 is 19.5 Å². The van der Waals surface area contributed by atoms with Crippen LogP contribution in [-0.4, -0.2) is 30.9 Å². The maximum Gasteiger partial charge on any atom is 0.407 e. The van der Waals surface area contributed by atoms with Gasteiger partial charge in [-0.15, -0.1) is 0 Å². The van der Waals surface area contributed by atoms with Gasteiger partial charge in [-0.25, -0.2) is 9.78 Å². The van der Waals surface area contributed by atoms with Crippen LogP contribution < -0.4 is 5.32 Å². The highest BCUT2D eigenvalue weighted by molar-refractivity contribution is 7.99. The van der Waals surface area contributed by atoms with Crippen LogP contribution in [-0.2, 0) is 20.8 Å². The summed E-state index contributed by atoms with van der Waals surface area (Å²) < 4.78 is 17.1. The molecule has 0 saturated carbocycles. The van der Waals surface area contributed by atoms with Crippen molar-refractivity contribution < 1.29 is 19.0 Å². The highest BCUT2D eigenvalue weighted by Crippen LogP contribution is 2.44. The first-order valence-electron chi connectivity index (χ1n) is 12.4. The molecule has 1 N–H and O–H groups in total. The van der Waals surface area contributed by atoms with Crippen molar-refractivity contribution in [3.63, 3.8) is 0 Å². The third-order valence-electron chi connectivity index (χ3n) is 6.69. The summed E-state index contributed by atoms with van der Waals surface area (Å²) >= 11 is 8.02. The predicted molar refractivity (Wildman–Crippen MR) is 146 cm³/mol. The fourth-order valence-electron chi connectivity index (χ4n) is 4.93. The molecule has 192 valence electrons. The van der Waals surface area contributed by atoms with Gasteiger partial charge in [-0.05, 0) is 46.0 Å². The number of carbonyl (C=O) groups is 1. The molecule has 1 saturated heterocycles. The van der Waals surface area contributed by atoms with Crippen molar-refractivity contribution in [3.05, 3.63) is 112 Å². The van der Waals surface area contributed by atoms with Crippen LogP contribution in [0, 0.1) is 0 Å². The van der Waals surface area contributed by atoms with Crippen LogP contribution in [0.3, 0.4) is 0 Å². The second kappa shape index (κ2) is 11.2. The molecule has 0 spiro atoms. The predicted octanol–water partition coefficient (Wildman–Crippen LogP) is 6.97. The number of aromatic nitrogens is 1. The van der Waals surface area contributed by atoms with E-state index in [1.807, 2.05) is 54.6 Å². The highest BCUT2D eigenvalue weighted by atomic mass is 35.5. The standard InChI is InChI=1S/C30H25ClN2O4S/c31-26-13-5-7-19(27(26)38-28-24(12-6-14-32-28)29-35-15-16-36-29)17-33-30(34)37-18-25-22-10-3-1-8-20(22)21-9-2-4-11-23(21)25/h1-14,25,29H,15-18H2,(H,33,34). The average Bonchev–Trinajstić information content (AvgIpc) is 3.59. The molecular weight excluding hydrogens is 520 g/mol. The number of hydrogen-bond acceptors (Lipinski definition) is 6. The number of nitrogens with one attached hydrogen (secondary N) is 1. The summed E-state index contributed by atoms with van der Waals surface area (Å²) in [7, 11) is 0. The third-order valence-corrected chi connectivity index (χ3v) is 8.34. The number of benzene rings is 3. The normalized spacial score (nSPS) is 14.8. The second-order valence-electron chi connectivity index (χ2n) is 8.98. The Balaban J connectivity index is 1.13. The fraction of sp³-hybridized carbons (Fsp3) is 0.200. The van der Waals surface area contributed by atoms with Gasteiger partial charge in [0.15, 0.2) is 6.29 Å². The van der Waals surface area contributed by atoms with Gasteiger partial charge >= 0.3 is 6.09 Å². The minimum absolute atomic E-state index is 0.00744. The highest BCUT2D eigenvalue weighted by Gasteiger charge is 2.29. The molecule has 1 fully saturated rings. The topological polar surface area (TPSA) is 69.7 Å². The summed E-state index contributed by atoms with van der Waals surface area (Å²) in [5, 5.41) is 4.21. The lowest BCUT2D eigenvalue weighted by Gasteiger charge is -2.17. The minimum atomic E-state index is -0.478. The van der Waals surface area contributed by atoms with E-state index < -0.39 is 12.4 Å². The number of ether oxygens (including phenoxy) is 3. The summed E-state index contributed by atoms with van der Waals surface area (Å²) in [4.78, 5) is 18.1. The second-order valence-corrected chi connectivity index (χ2v) is 10.4. The lowest BCUT2D eigenvalue weighted by molar-refractivity contribution is -0.0464. The van der Waals surface area contributed by atoms with Gasteiger partial charge in [0.25, 0.3) is 0 Å². The van der Waals surface area contributed by atoms with E-state index in [0.29, 0.717) is 18.2 Å². The van der Waals surface area contributed by atoms with Gasteiger partial charge in [0.2, 0.25) is 0 Å². The first kappa shape index (κ1) is 24.9. The molecule has 0 atom stereocenters. The molecule has 6 rings (SSSR count). The van der Waals surface area contributed by atoms with Crippen molar-refractivity contribution in [2.75, 3.05) is 19.8 Å². The van der Waals surface area contributed by atoms with Crippen molar-refractivity contribution >= 4 is 29.5 Å². The van der Waals surface area contributed by atoms with Gasteiger partial charge in [0, 0.05) is 29.1 Å². The van der Waals surface area contributed by atoms with E-state index in [1.165, 1.54) is 34.0 Å². The van der Waals surface area contributed by atoms with Crippen molar-refractivity contribution in [3.8, 4) is 11.1 Å². The van der Waals surface area contributed by atoms with Crippen LogP contribution in [0.25, 0.3) is 11.1 Å². The summed E-state index contributed by atoms with van der Waals surface area (Å²) in [5.74, 6) is 0.00744. The first-order chi connectivity index (χ1) is 18.7. The molecule has 0 unspecified atom stereocenters. The number of halogens is 1. The molecule has 1 amide bonds. The maximum atomic E-state index is 12.8. The van der Waals surface area contributed by atoms with E-state index in [1.54, 1.807) is 6.20 Å². The Labute approximate surface area is 230 Å². The zero-order valence-electron chi connectivity index (χ0n) is 20.4. The van der Waals surface area contributed by atoms with E-state index in [0.717, 1.165) is 21.0 Å². The zero-order chi connectivity index (χ0) is 25.9. The molecular formula is C30H25ClN2O4S. The van der Waals surface area contributed by atoms with Crippen molar-refractivity contribution in [1.29, 1.82) is 0 Å². The van der Waals surface area contributed by atoms with Crippen molar-refractivity contribution in [2.24, 2.45) is 0 Å². The molecule has 6 nitrogen and oxygen atoms in total. The van der Waals surface area contributed by atoms with Gasteiger partial charge in [-0.2, -0.15) is 0 Å².